The van der Waals surface area contributed by atoms with Gasteiger partial charge in [0.1, 0.15) is 6.61 Å². The fourth-order valence-corrected chi connectivity index (χ4v) is 4.79. The third-order valence-corrected chi connectivity index (χ3v) is 6.61. The van der Waals surface area contributed by atoms with Gasteiger partial charge in [-0.05, 0) is 41.5 Å². The molecule has 0 spiro atoms. The SMILES string of the molecule is CC[C@@H](CC(=O)N[C@H]1C=CC[C@H](C(=O)O)C1)NC(=O)OCC1c2ccccc2-c2ccccc21. The number of rotatable bonds is 8. The van der Waals surface area contributed by atoms with Gasteiger partial charge in [-0.1, -0.05) is 67.6 Å². The molecular formula is C27H30N2O5. The van der Waals surface area contributed by atoms with Crippen molar-refractivity contribution in [2.75, 3.05) is 6.61 Å². The fourth-order valence-electron chi connectivity index (χ4n) is 4.79. The van der Waals surface area contributed by atoms with E-state index in [1.54, 1.807) is 6.08 Å². The van der Waals surface area contributed by atoms with Crippen LogP contribution < -0.4 is 10.6 Å². The topological polar surface area (TPSA) is 105 Å². The van der Waals surface area contributed by atoms with E-state index in [1.165, 1.54) is 0 Å². The Balaban J connectivity index is 1.29. The maximum atomic E-state index is 12.5. The van der Waals surface area contributed by atoms with Crippen LogP contribution in [0.1, 0.15) is 49.7 Å². The van der Waals surface area contributed by atoms with E-state index in [9.17, 15) is 19.5 Å². The van der Waals surface area contributed by atoms with Crippen LogP contribution in [0.15, 0.2) is 60.7 Å². The second-order valence-corrected chi connectivity index (χ2v) is 8.89. The highest BCUT2D eigenvalue weighted by molar-refractivity contribution is 5.80. The second-order valence-electron chi connectivity index (χ2n) is 8.89. The van der Waals surface area contributed by atoms with Crippen LogP contribution in [0, 0.1) is 5.92 Å². The normalized spacial score (nSPS) is 19.6. The summed E-state index contributed by atoms with van der Waals surface area (Å²) in [5.74, 6) is -1.60. The highest BCUT2D eigenvalue weighted by atomic mass is 16.5. The number of fused-ring (bicyclic) bond motifs is 3. The van der Waals surface area contributed by atoms with E-state index in [2.05, 4.69) is 34.9 Å². The van der Waals surface area contributed by atoms with Crippen LogP contribution in [0.5, 0.6) is 0 Å². The predicted octanol–water partition coefficient (Wildman–Crippen LogP) is 4.23. The Hall–Kier alpha value is -3.61. The number of carboxylic acids is 1. The number of benzene rings is 2. The van der Waals surface area contributed by atoms with E-state index in [-0.39, 0.29) is 36.9 Å². The molecule has 2 amide bonds. The molecule has 0 aliphatic heterocycles. The number of carbonyl (C=O) groups excluding carboxylic acids is 2. The van der Waals surface area contributed by atoms with E-state index in [1.807, 2.05) is 37.3 Å². The van der Waals surface area contributed by atoms with Gasteiger partial charge in [-0.25, -0.2) is 4.79 Å². The number of allylic oxidation sites excluding steroid dienone is 1. The molecule has 0 saturated heterocycles. The Morgan fingerprint density at radius 3 is 2.32 bits per heavy atom. The molecule has 0 radical (unpaired) electrons. The van der Waals surface area contributed by atoms with Gasteiger partial charge in [-0.2, -0.15) is 0 Å². The Kier molecular flexibility index (Phi) is 7.30. The lowest BCUT2D eigenvalue weighted by atomic mass is 9.91. The molecule has 0 saturated carbocycles. The fraction of sp³-hybridized carbons (Fsp3) is 0.370. The highest BCUT2D eigenvalue weighted by Gasteiger charge is 2.29. The number of carbonyl (C=O) groups is 3. The van der Waals surface area contributed by atoms with Crippen molar-refractivity contribution in [2.45, 2.75) is 50.6 Å². The van der Waals surface area contributed by atoms with Gasteiger partial charge >= 0.3 is 12.1 Å². The highest BCUT2D eigenvalue weighted by Crippen LogP contribution is 2.44. The monoisotopic (exact) mass is 462 g/mol. The molecule has 4 rings (SSSR count). The molecule has 0 heterocycles. The number of amides is 2. The molecule has 2 aliphatic rings. The summed E-state index contributed by atoms with van der Waals surface area (Å²) in [6, 6.07) is 15.6. The number of ether oxygens (including phenoxy) is 1. The van der Waals surface area contributed by atoms with Crippen molar-refractivity contribution >= 4 is 18.0 Å². The minimum absolute atomic E-state index is 0.0261. The molecule has 2 aliphatic carbocycles. The van der Waals surface area contributed by atoms with Crippen molar-refractivity contribution in [3.63, 3.8) is 0 Å². The van der Waals surface area contributed by atoms with Gasteiger partial charge in [0.15, 0.2) is 0 Å². The molecule has 178 valence electrons. The molecule has 0 unspecified atom stereocenters. The van der Waals surface area contributed by atoms with Crippen molar-refractivity contribution in [1.29, 1.82) is 0 Å². The average Bonchev–Trinajstić information content (AvgIpc) is 3.16. The van der Waals surface area contributed by atoms with E-state index >= 15 is 0 Å². The van der Waals surface area contributed by atoms with Gasteiger partial charge in [0.05, 0.1) is 5.92 Å². The van der Waals surface area contributed by atoms with E-state index < -0.39 is 18.0 Å². The molecular weight excluding hydrogens is 432 g/mol. The first-order valence-electron chi connectivity index (χ1n) is 11.8. The quantitative estimate of drug-likeness (QED) is 0.509. The minimum atomic E-state index is -0.855. The number of alkyl carbamates (subject to hydrolysis) is 1. The molecule has 0 aromatic heterocycles. The van der Waals surface area contributed by atoms with Crippen LogP contribution in [0.4, 0.5) is 4.79 Å². The first-order chi connectivity index (χ1) is 16.5. The van der Waals surface area contributed by atoms with Crippen LogP contribution >= 0.6 is 0 Å². The van der Waals surface area contributed by atoms with E-state index in [4.69, 9.17) is 4.74 Å². The van der Waals surface area contributed by atoms with Gasteiger partial charge in [-0.3, -0.25) is 9.59 Å². The summed E-state index contributed by atoms with van der Waals surface area (Å²) in [6.45, 7) is 2.11. The summed E-state index contributed by atoms with van der Waals surface area (Å²) in [5, 5.41) is 14.9. The van der Waals surface area contributed by atoms with E-state index in [0.717, 1.165) is 22.3 Å². The lowest BCUT2D eigenvalue weighted by molar-refractivity contribution is -0.142. The third kappa shape index (κ3) is 5.30. The van der Waals surface area contributed by atoms with Gasteiger partial charge in [-0.15, -0.1) is 0 Å². The predicted molar refractivity (Wildman–Crippen MR) is 128 cm³/mol. The number of nitrogens with one attached hydrogen (secondary N) is 2. The molecule has 2 aromatic carbocycles. The Morgan fingerprint density at radius 2 is 1.71 bits per heavy atom. The zero-order valence-electron chi connectivity index (χ0n) is 19.2. The van der Waals surface area contributed by atoms with Crippen molar-refractivity contribution in [2.24, 2.45) is 5.92 Å². The summed E-state index contributed by atoms with van der Waals surface area (Å²) >= 11 is 0. The first kappa shape index (κ1) is 23.5. The minimum Gasteiger partial charge on any atom is -0.481 e. The molecule has 7 nitrogen and oxygen atoms in total. The number of hydrogen-bond donors (Lipinski definition) is 3. The smallest absolute Gasteiger partial charge is 0.407 e. The third-order valence-electron chi connectivity index (χ3n) is 6.61. The maximum Gasteiger partial charge on any atom is 0.407 e. The van der Waals surface area contributed by atoms with Crippen LogP contribution in [0.3, 0.4) is 0 Å². The second kappa shape index (κ2) is 10.5. The molecule has 2 aromatic rings. The molecule has 34 heavy (non-hydrogen) atoms. The molecule has 0 fully saturated rings. The molecule has 0 bridgehead atoms. The summed E-state index contributed by atoms with van der Waals surface area (Å²) in [6.07, 6.45) is 4.58. The van der Waals surface area contributed by atoms with E-state index in [0.29, 0.717) is 19.3 Å². The molecule has 7 heteroatoms. The Morgan fingerprint density at radius 1 is 1.06 bits per heavy atom. The number of hydrogen-bond acceptors (Lipinski definition) is 4. The summed E-state index contributed by atoms with van der Waals surface area (Å²) in [7, 11) is 0. The first-order valence-corrected chi connectivity index (χ1v) is 11.8. The lowest BCUT2D eigenvalue weighted by Crippen LogP contribution is -2.43. The lowest BCUT2D eigenvalue weighted by Gasteiger charge is -2.24. The largest absolute Gasteiger partial charge is 0.481 e. The van der Waals surface area contributed by atoms with Crippen molar-refractivity contribution in [3.05, 3.63) is 71.8 Å². The van der Waals surface area contributed by atoms with Gasteiger partial charge < -0.3 is 20.5 Å². The Bertz CT molecular complexity index is 1050. The maximum absolute atomic E-state index is 12.5. The number of aliphatic carboxylic acids is 1. The average molecular weight is 463 g/mol. The zero-order chi connectivity index (χ0) is 24.1. The van der Waals surface area contributed by atoms with Crippen molar-refractivity contribution < 1.29 is 24.2 Å². The van der Waals surface area contributed by atoms with Gasteiger partial charge in [0.25, 0.3) is 0 Å². The van der Waals surface area contributed by atoms with Crippen molar-refractivity contribution in [3.8, 4) is 11.1 Å². The summed E-state index contributed by atoms with van der Waals surface area (Å²) in [4.78, 5) is 36.3. The van der Waals surface area contributed by atoms with Crippen LogP contribution in [-0.2, 0) is 14.3 Å². The van der Waals surface area contributed by atoms with Gasteiger partial charge in [0.2, 0.25) is 5.91 Å². The number of carboxylic acid groups (broad SMARTS) is 1. The molecule has 3 atom stereocenters. The summed E-state index contributed by atoms with van der Waals surface area (Å²) in [5.41, 5.74) is 4.61. The standard InChI is InChI=1S/C27H30N2O5/c1-2-18(15-25(30)28-19-9-7-8-17(14-19)26(31)32)29-27(33)34-16-24-22-12-5-3-10-20(22)21-11-4-6-13-23(21)24/h3-7,9-13,17-19,24H,2,8,14-16H2,1H3,(H,28,30)(H,29,33)(H,31,32)/t17-,18-,19-/m0/s1. The summed E-state index contributed by atoms with van der Waals surface area (Å²) < 4.78 is 5.59. The van der Waals surface area contributed by atoms with Crippen LogP contribution in [0.25, 0.3) is 11.1 Å². The van der Waals surface area contributed by atoms with Gasteiger partial charge in [0, 0.05) is 24.4 Å². The van der Waals surface area contributed by atoms with Crippen LogP contribution in [-0.4, -0.2) is 41.8 Å². The Labute approximate surface area is 199 Å². The molecule has 3 N–H and O–H groups in total. The zero-order valence-corrected chi connectivity index (χ0v) is 19.2. The van der Waals surface area contributed by atoms with Crippen molar-refractivity contribution in [1.82, 2.24) is 10.6 Å². The van der Waals surface area contributed by atoms with Crippen LogP contribution in [0.2, 0.25) is 0 Å².